The highest BCUT2D eigenvalue weighted by atomic mass is 16.5. The molecular formula is C27H22NO2+. The van der Waals surface area contributed by atoms with Crippen molar-refractivity contribution in [2.75, 3.05) is 6.73 Å². The van der Waals surface area contributed by atoms with Gasteiger partial charge >= 0.3 is 0 Å². The van der Waals surface area contributed by atoms with Gasteiger partial charge in [0, 0.05) is 23.3 Å². The van der Waals surface area contributed by atoms with Crippen molar-refractivity contribution in [1.29, 1.82) is 0 Å². The van der Waals surface area contributed by atoms with Gasteiger partial charge in [-0.1, -0.05) is 72.8 Å². The highest BCUT2D eigenvalue weighted by Gasteiger charge is 2.23. The van der Waals surface area contributed by atoms with Gasteiger partial charge in [-0.05, 0) is 29.7 Å². The summed E-state index contributed by atoms with van der Waals surface area (Å²) >= 11 is 0. The Labute approximate surface area is 176 Å². The van der Waals surface area contributed by atoms with Gasteiger partial charge in [-0.15, -0.1) is 0 Å². The van der Waals surface area contributed by atoms with E-state index in [1.54, 1.807) is 0 Å². The van der Waals surface area contributed by atoms with Crippen LogP contribution in [0, 0.1) is 6.92 Å². The Morgan fingerprint density at radius 1 is 0.767 bits per heavy atom. The zero-order valence-corrected chi connectivity index (χ0v) is 16.7. The second-order valence-electron chi connectivity index (χ2n) is 7.49. The third-order valence-electron chi connectivity index (χ3n) is 5.48. The molecular weight excluding hydrogens is 370 g/mol. The molecule has 0 radical (unpaired) electrons. The molecule has 0 unspecified atom stereocenters. The summed E-state index contributed by atoms with van der Waals surface area (Å²) in [5.41, 5.74) is 6.70. The van der Waals surface area contributed by atoms with Crippen molar-refractivity contribution >= 4 is 11.9 Å². The molecule has 4 aromatic carbocycles. The molecule has 0 spiro atoms. The number of benzene rings is 4. The van der Waals surface area contributed by atoms with Gasteiger partial charge in [0.1, 0.15) is 11.5 Å². The molecule has 0 amide bonds. The van der Waals surface area contributed by atoms with E-state index in [0.717, 1.165) is 44.8 Å². The van der Waals surface area contributed by atoms with Gasteiger partial charge in [-0.3, -0.25) is 0 Å². The molecule has 30 heavy (non-hydrogen) atoms. The van der Waals surface area contributed by atoms with Crippen molar-refractivity contribution in [3.63, 3.8) is 0 Å². The van der Waals surface area contributed by atoms with E-state index in [1.165, 1.54) is 0 Å². The van der Waals surface area contributed by atoms with E-state index in [-0.39, 0.29) is 5.75 Å². The SMILES string of the molecule is Cc1cccc2c1OC[N+](c1cc(-c3ccccc3)c(O)c(-c3ccccc3)c1)=C2. The molecule has 4 aromatic rings. The predicted molar refractivity (Wildman–Crippen MR) is 121 cm³/mol. The Balaban J connectivity index is 1.71. The topological polar surface area (TPSA) is 32.5 Å². The zero-order valence-electron chi connectivity index (χ0n) is 16.7. The van der Waals surface area contributed by atoms with Gasteiger partial charge in [-0.2, -0.15) is 4.58 Å². The van der Waals surface area contributed by atoms with E-state index >= 15 is 0 Å². The number of fused-ring (bicyclic) bond motifs is 1. The Kier molecular flexibility index (Phi) is 4.56. The Hall–Kier alpha value is -3.85. The van der Waals surface area contributed by atoms with Crippen LogP contribution in [-0.4, -0.2) is 22.6 Å². The molecule has 0 atom stereocenters. The normalized spacial score (nSPS) is 12.6. The van der Waals surface area contributed by atoms with Crippen LogP contribution in [0.25, 0.3) is 22.3 Å². The summed E-state index contributed by atoms with van der Waals surface area (Å²) in [5.74, 6) is 1.21. The van der Waals surface area contributed by atoms with Crippen LogP contribution in [0.5, 0.6) is 11.5 Å². The number of aromatic hydroxyl groups is 1. The molecule has 0 saturated heterocycles. The minimum atomic E-state index is 0.283. The van der Waals surface area contributed by atoms with Gasteiger partial charge in [0.05, 0.1) is 5.56 Å². The average molecular weight is 392 g/mol. The number of nitrogens with zero attached hydrogens (tertiary/aromatic N) is 1. The maximum absolute atomic E-state index is 11.2. The highest BCUT2D eigenvalue weighted by Crippen LogP contribution is 2.41. The number of hydrogen-bond acceptors (Lipinski definition) is 2. The molecule has 0 bridgehead atoms. The summed E-state index contributed by atoms with van der Waals surface area (Å²) in [6, 6.07) is 30.2. The molecule has 0 fully saturated rings. The van der Waals surface area contributed by atoms with Crippen molar-refractivity contribution in [3.05, 3.63) is 102 Å². The first-order valence-electron chi connectivity index (χ1n) is 10.0. The summed E-state index contributed by atoms with van der Waals surface area (Å²) < 4.78 is 8.16. The molecule has 146 valence electrons. The van der Waals surface area contributed by atoms with Crippen LogP contribution >= 0.6 is 0 Å². The fraction of sp³-hybridized carbons (Fsp3) is 0.0741. The molecule has 3 heteroatoms. The summed E-state index contributed by atoms with van der Waals surface area (Å²) in [6.07, 6.45) is 2.11. The summed E-state index contributed by atoms with van der Waals surface area (Å²) in [6.45, 7) is 2.48. The molecule has 5 rings (SSSR count). The fourth-order valence-electron chi connectivity index (χ4n) is 3.92. The van der Waals surface area contributed by atoms with E-state index in [0.29, 0.717) is 6.73 Å². The van der Waals surface area contributed by atoms with Crippen molar-refractivity contribution < 1.29 is 14.4 Å². The summed E-state index contributed by atoms with van der Waals surface area (Å²) in [5, 5.41) is 11.2. The molecule has 0 saturated carbocycles. The zero-order chi connectivity index (χ0) is 20.5. The van der Waals surface area contributed by atoms with Crippen LogP contribution < -0.4 is 4.74 Å². The first kappa shape index (κ1) is 18.2. The largest absolute Gasteiger partial charge is 0.507 e. The van der Waals surface area contributed by atoms with E-state index in [9.17, 15) is 5.11 Å². The molecule has 1 aliphatic heterocycles. The maximum Gasteiger partial charge on any atom is 0.292 e. The van der Waals surface area contributed by atoms with Gasteiger partial charge < -0.3 is 9.84 Å². The smallest absolute Gasteiger partial charge is 0.292 e. The highest BCUT2D eigenvalue weighted by molar-refractivity contribution is 5.86. The lowest BCUT2D eigenvalue weighted by Gasteiger charge is -2.17. The van der Waals surface area contributed by atoms with E-state index in [1.807, 2.05) is 78.9 Å². The fourth-order valence-corrected chi connectivity index (χ4v) is 3.92. The van der Waals surface area contributed by atoms with Crippen LogP contribution in [0.2, 0.25) is 0 Å². The van der Waals surface area contributed by atoms with E-state index in [2.05, 4.69) is 29.8 Å². The molecule has 1 aliphatic rings. The first-order chi connectivity index (χ1) is 14.7. The van der Waals surface area contributed by atoms with E-state index < -0.39 is 0 Å². The standard InChI is InChI=1S/C27H21NO2/c1-19-9-8-14-22-17-28(18-30-27(19)22)23-15-24(20-10-4-2-5-11-20)26(29)25(16-23)21-12-6-3-7-13-21/h2-17H,18H2,1H3/p+1. The lowest BCUT2D eigenvalue weighted by Crippen LogP contribution is -2.21. The van der Waals surface area contributed by atoms with Crippen LogP contribution in [0.1, 0.15) is 11.1 Å². The van der Waals surface area contributed by atoms with Crippen molar-refractivity contribution in [2.24, 2.45) is 0 Å². The summed E-state index contributed by atoms with van der Waals surface area (Å²) in [4.78, 5) is 0. The number of phenolic OH excluding ortho intramolecular Hbond substituents is 1. The van der Waals surface area contributed by atoms with Crippen LogP contribution in [0.4, 0.5) is 5.69 Å². The monoisotopic (exact) mass is 392 g/mol. The number of phenols is 1. The molecule has 1 heterocycles. The average Bonchev–Trinajstić information content (AvgIpc) is 2.80. The molecule has 0 aromatic heterocycles. The third kappa shape index (κ3) is 3.25. The quantitative estimate of drug-likeness (QED) is 0.424. The lowest BCUT2D eigenvalue weighted by molar-refractivity contribution is -0.476. The second kappa shape index (κ2) is 7.53. The molecule has 3 nitrogen and oxygen atoms in total. The lowest BCUT2D eigenvalue weighted by atomic mass is 9.96. The second-order valence-corrected chi connectivity index (χ2v) is 7.49. The molecule has 0 aliphatic carbocycles. The van der Waals surface area contributed by atoms with E-state index in [4.69, 9.17) is 4.74 Å². The minimum absolute atomic E-state index is 0.283. The minimum Gasteiger partial charge on any atom is -0.507 e. The Morgan fingerprint density at radius 3 is 1.97 bits per heavy atom. The van der Waals surface area contributed by atoms with Gasteiger partial charge in [0.2, 0.25) is 5.69 Å². The van der Waals surface area contributed by atoms with Crippen molar-refractivity contribution in [2.45, 2.75) is 6.92 Å². The number of ether oxygens (including phenoxy) is 1. The van der Waals surface area contributed by atoms with Crippen LogP contribution in [-0.2, 0) is 0 Å². The summed E-state index contributed by atoms with van der Waals surface area (Å²) in [7, 11) is 0. The van der Waals surface area contributed by atoms with Crippen molar-refractivity contribution in [3.8, 4) is 33.8 Å². The predicted octanol–water partition coefficient (Wildman–Crippen LogP) is 6.15. The maximum atomic E-state index is 11.2. The van der Waals surface area contributed by atoms with Gasteiger partial charge in [0.25, 0.3) is 6.73 Å². The number of hydrogen-bond donors (Lipinski definition) is 1. The van der Waals surface area contributed by atoms with Crippen LogP contribution in [0.3, 0.4) is 0 Å². The van der Waals surface area contributed by atoms with Gasteiger partial charge in [0.15, 0.2) is 6.21 Å². The van der Waals surface area contributed by atoms with Gasteiger partial charge in [-0.25, -0.2) is 0 Å². The number of para-hydroxylation sites is 1. The number of aryl methyl sites for hydroxylation is 1. The third-order valence-corrected chi connectivity index (χ3v) is 5.48. The Morgan fingerprint density at radius 2 is 1.37 bits per heavy atom. The van der Waals surface area contributed by atoms with Crippen molar-refractivity contribution in [1.82, 2.24) is 0 Å². The first-order valence-corrected chi connectivity index (χ1v) is 10.0. The molecule has 1 N–H and O–H groups in total. The van der Waals surface area contributed by atoms with Crippen LogP contribution in [0.15, 0.2) is 91.0 Å². The number of rotatable bonds is 3. The Bertz CT molecular complexity index is 1180.